The minimum atomic E-state index is -1.14. The van der Waals surface area contributed by atoms with Crippen LogP contribution in [0.5, 0.6) is 0 Å². The number of Topliss-reactive ketones (excluding diaryl/α,β-unsaturated/α-hetero) is 1. The molecule has 6 aliphatic carbocycles. The van der Waals surface area contributed by atoms with E-state index in [0.29, 0.717) is 5.92 Å². The van der Waals surface area contributed by atoms with Gasteiger partial charge in [0, 0.05) is 38.1 Å². The molecule has 7 aliphatic rings. The molecule has 0 aromatic heterocycles. The second-order valence-electron chi connectivity index (χ2n) is 10.6. The van der Waals surface area contributed by atoms with Gasteiger partial charge in [0.1, 0.15) is 0 Å². The van der Waals surface area contributed by atoms with Gasteiger partial charge < -0.3 is 14.6 Å². The van der Waals surface area contributed by atoms with Gasteiger partial charge in [-0.15, -0.1) is 0 Å². The van der Waals surface area contributed by atoms with Crippen molar-refractivity contribution in [1.29, 1.82) is 0 Å². The first-order valence-corrected chi connectivity index (χ1v) is 11.2. The van der Waals surface area contributed by atoms with Crippen LogP contribution in [0.15, 0.2) is 11.6 Å². The van der Waals surface area contributed by atoms with Gasteiger partial charge in [-0.2, -0.15) is 0 Å². The lowest BCUT2D eigenvalue weighted by atomic mass is 9.43. The minimum absolute atomic E-state index is 0.0446. The zero-order valence-electron chi connectivity index (χ0n) is 17.5. The van der Waals surface area contributed by atoms with Gasteiger partial charge in [-0.3, -0.25) is 9.69 Å². The molecule has 0 aromatic carbocycles. The monoisotopic (exact) mass is 387 g/mol. The summed E-state index contributed by atoms with van der Waals surface area (Å²) in [6.45, 7) is 6.77. The number of carbonyl (C=O) groups excluding carboxylic acids is 1. The maximum absolute atomic E-state index is 14.1. The van der Waals surface area contributed by atoms with Gasteiger partial charge in [-0.1, -0.05) is 19.9 Å². The van der Waals surface area contributed by atoms with Crippen LogP contribution in [0.2, 0.25) is 0 Å². The number of nitrogens with zero attached hydrogens (tertiary/aromatic N) is 1. The molecule has 3 unspecified atom stereocenters. The van der Waals surface area contributed by atoms with Crippen LogP contribution in [0.1, 0.15) is 46.0 Å². The Bertz CT molecular complexity index is 789. The van der Waals surface area contributed by atoms with Gasteiger partial charge in [0.2, 0.25) is 11.6 Å². The number of ketones is 1. The quantitative estimate of drug-likeness (QED) is 0.595. The molecule has 28 heavy (non-hydrogen) atoms. The lowest BCUT2D eigenvalue weighted by molar-refractivity contribution is -0.247. The molecular formula is C23H33NO4. The van der Waals surface area contributed by atoms with Crippen molar-refractivity contribution in [3.63, 3.8) is 0 Å². The summed E-state index contributed by atoms with van der Waals surface area (Å²) in [5.74, 6) is -0.281. The second kappa shape index (κ2) is 5.11. The van der Waals surface area contributed by atoms with E-state index in [-0.39, 0.29) is 40.6 Å². The number of hydrogen-bond donors (Lipinski definition) is 1. The van der Waals surface area contributed by atoms with E-state index >= 15 is 0 Å². The third-order valence-electron chi connectivity index (χ3n) is 10.3. The summed E-state index contributed by atoms with van der Waals surface area (Å²) < 4.78 is 11.6. The summed E-state index contributed by atoms with van der Waals surface area (Å²) in [4.78, 5) is 16.7. The Balaban J connectivity index is 1.63. The summed E-state index contributed by atoms with van der Waals surface area (Å²) >= 11 is 0. The number of methoxy groups -OCH3 is 2. The minimum Gasteiger partial charge on any atom is -0.392 e. The standard InChI is InChI=1S/C23H33NO4/c1-5-24-12-20(2)8-7-17(25)22-15(20)11-14(18(22)24)21-9-6-13(10-16(21)22)23(27-3,28-4)19(21)26/h10,13-15,17-18,25H,5-9,11-12H2,1-4H3/t13-,14?,15+,17-,18?,20-,21-,22?/m0/s1. The van der Waals surface area contributed by atoms with Gasteiger partial charge in [-0.05, 0) is 61.5 Å². The van der Waals surface area contributed by atoms with E-state index in [9.17, 15) is 9.90 Å². The Kier molecular flexibility index (Phi) is 3.29. The summed E-state index contributed by atoms with van der Waals surface area (Å²) in [6, 6.07) is 0.282. The molecule has 0 radical (unpaired) electrons. The summed E-state index contributed by atoms with van der Waals surface area (Å²) in [7, 11) is 3.22. The highest BCUT2D eigenvalue weighted by molar-refractivity contribution is 5.99. The molecule has 1 N–H and O–H groups in total. The van der Waals surface area contributed by atoms with Crippen molar-refractivity contribution in [1.82, 2.24) is 4.90 Å². The van der Waals surface area contributed by atoms with Crippen LogP contribution in [0.25, 0.3) is 0 Å². The Morgan fingerprint density at radius 3 is 2.68 bits per heavy atom. The van der Waals surface area contributed by atoms with Gasteiger partial charge in [0.15, 0.2) is 0 Å². The first kappa shape index (κ1) is 18.1. The van der Waals surface area contributed by atoms with Crippen molar-refractivity contribution < 1.29 is 19.4 Å². The molecule has 8 atom stereocenters. The van der Waals surface area contributed by atoms with E-state index in [1.165, 1.54) is 5.57 Å². The van der Waals surface area contributed by atoms with Crippen molar-refractivity contribution in [2.45, 2.75) is 63.9 Å². The van der Waals surface area contributed by atoms with E-state index in [0.717, 1.165) is 45.2 Å². The fourth-order valence-electron chi connectivity index (χ4n) is 9.52. The summed E-state index contributed by atoms with van der Waals surface area (Å²) in [5.41, 5.74) is 0.781. The van der Waals surface area contributed by atoms with Crippen LogP contribution in [0.4, 0.5) is 0 Å². The zero-order chi connectivity index (χ0) is 19.7. The van der Waals surface area contributed by atoms with Crippen molar-refractivity contribution >= 4 is 5.78 Å². The summed E-state index contributed by atoms with van der Waals surface area (Å²) in [6.07, 6.45) is 6.84. The largest absolute Gasteiger partial charge is 0.392 e. The lowest BCUT2D eigenvalue weighted by Gasteiger charge is -2.64. The van der Waals surface area contributed by atoms with Gasteiger partial charge >= 0.3 is 0 Å². The highest BCUT2D eigenvalue weighted by atomic mass is 16.7. The fourth-order valence-corrected chi connectivity index (χ4v) is 9.52. The molecule has 5 fully saturated rings. The van der Waals surface area contributed by atoms with Crippen molar-refractivity contribution in [2.24, 2.45) is 34.0 Å². The number of hydrogen-bond acceptors (Lipinski definition) is 5. The van der Waals surface area contributed by atoms with Crippen LogP contribution in [0.3, 0.4) is 0 Å². The van der Waals surface area contributed by atoms with E-state index in [1.807, 2.05) is 0 Å². The molecule has 154 valence electrons. The number of ether oxygens (including phenoxy) is 2. The predicted octanol–water partition coefficient (Wildman–Crippen LogP) is 2.38. The molecular weight excluding hydrogens is 354 g/mol. The molecule has 5 nitrogen and oxygen atoms in total. The van der Waals surface area contributed by atoms with Crippen molar-refractivity contribution in [2.75, 3.05) is 27.3 Å². The maximum Gasteiger partial charge on any atom is 0.235 e. The maximum atomic E-state index is 14.1. The molecule has 1 saturated heterocycles. The topological polar surface area (TPSA) is 59.0 Å². The number of aliphatic hydroxyl groups is 1. The number of fused-ring (bicyclic) bond motifs is 2. The van der Waals surface area contributed by atoms with Crippen molar-refractivity contribution in [3.05, 3.63) is 11.6 Å². The highest BCUT2D eigenvalue weighted by Gasteiger charge is 2.84. The highest BCUT2D eigenvalue weighted by Crippen LogP contribution is 2.81. The molecule has 7 bridgehead atoms. The molecule has 5 heteroatoms. The molecule has 4 saturated carbocycles. The first-order chi connectivity index (χ1) is 13.4. The number of likely N-dealkylation sites (tertiary alicyclic amines) is 1. The molecule has 1 aliphatic heterocycles. The van der Waals surface area contributed by atoms with Crippen LogP contribution in [-0.2, 0) is 14.3 Å². The van der Waals surface area contributed by atoms with Gasteiger partial charge in [0.25, 0.3) is 0 Å². The molecule has 0 aromatic rings. The number of rotatable bonds is 3. The normalized spacial score (nSPS) is 55.4. The second-order valence-corrected chi connectivity index (χ2v) is 10.6. The SMILES string of the molecule is CCN1C[C@]2(C)CC[C@H](O)C34C5=C[C@@H]6CC[C@]5(C(=O)C6(OC)OC)C(C[C@@H]32)C14. The van der Waals surface area contributed by atoms with Gasteiger partial charge in [0.05, 0.1) is 11.5 Å². The Morgan fingerprint density at radius 1 is 1.25 bits per heavy atom. The lowest BCUT2D eigenvalue weighted by Crippen LogP contribution is -2.68. The smallest absolute Gasteiger partial charge is 0.235 e. The average Bonchev–Trinajstić information content (AvgIpc) is 3.15. The predicted molar refractivity (Wildman–Crippen MR) is 103 cm³/mol. The zero-order valence-corrected chi connectivity index (χ0v) is 17.5. The number of carbonyl (C=O) groups is 1. The van der Waals surface area contributed by atoms with E-state index in [1.54, 1.807) is 14.2 Å². The van der Waals surface area contributed by atoms with Crippen LogP contribution < -0.4 is 0 Å². The van der Waals surface area contributed by atoms with Crippen LogP contribution in [0, 0.1) is 34.0 Å². The third-order valence-corrected chi connectivity index (χ3v) is 10.3. The fraction of sp³-hybridized carbons (Fsp3) is 0.870. The number of piperidine rings is 1. The molecule has 2 spiro atoms. The van der Waals surface area contributed by atoms with Gasteiger partial charge in [-0.25, -0.2) is 0 Å². The summed E-state index contributed by atoms with van der Waals surface area (Å²) in [5, 5.41) is 11.6. The van der Waals surface area contributed by atoms with Crippen LogP contribution in [-0.4, -0.2) is 61.0 Å². The molecule has 1 heterocycles. The molecule has 7 rings (SSSR count). The van der Waals surface area contributed by atoms with E-state index in [4.69, 9.17) is 9.47 Å². The first-order valence-electron chi connectivity index (χ1n) is 11.2. The average molecular weight is 388 g/mol. The van der Waals surface area contributed by atoms with Crippen LogP contribution >= 0.6 is 0 Å². The third kappa shape index (κ3) is 1.48. The molecule has 0 amide bonds. The Morgan fingerprint density at radius 2 is 2.00 bits per heavy atom. The Hall–Kier alpha value is -0.750. The van der Waals surface area contributed by atoms with Crippen molar-refractivity contribution in [3.8, 4) is 0 Å². The van der Waals surface area contributed by atoms with E-state index < -0.39 is 11.2 Å². The van der Waals surface area contributed by atoms with E-state index in [2.05, 4.69) is 24.8 Å². The Labute approximate surface area is 167 Å². The number of aliphatic hydroxyl groups excluding tert-OH is 1.